The van der Waals surface area contributed by atoms with Crippen molar-refractivity contribution in [3.63, 3.8) is 0 Å². The molecular formula is C43H45ClFN7O5S. The van der Waals surface area contributed by atoms with Crippen molar-refractivity contribution in [1.82, 2.24) is 34.3 Å². The molecule has 7 heterocycles. The quantitative estimate of drug-likeness (QED) is 0.177. The number of carbonyl (C=O) groups excluding carboxylic acids is 2. The van der Waals surface area contributed by atoms with E-state index in [4.69, 9.17) is 30.8 Å². The molecule has 12 nitrogen and oxygen atoms in total. The van der Waals surface area contributed by atoms with Gasteiger partial charge in [0.25, 0.3) is 0 Å². The molecule has 2 fully saturated rings. The van der Waals surface area contributed by atoms with Gasteiger partial charge in [0.15, 0.2) is 0 Å². The lowest BCUT2D eigenvalue weighted by Crippen LogP contribution is -2.36. The van der Waals surface area contributed by atoms with Gasteiger partial charge in [0.2, 0.25) is 6.23 Å². The molecule has 0 aliphatic carbocycles. The van der Waals surface area contributed by atoms with Crippen molar-refractivity contribution in [2.45, 2.75) is 96.7 Å². The van der Waals surface area contributed by atoms with Crippen molar-refractivity contribution >= 4 is 46.0 Å². The highest BCUT2D eigenvalue weighted by molar-refractivity contribution is 7.16. The Morgan fingerprint density at radius 3 is 2.00 bits per heavy atom. The van der Waals surface area contributed by atoms with E-state index in [1.807, 2.05) is 82.5 Å². The van der Waals surface area contributed by atoms with E-state index in [0.717, 1.165) is 52.7 Å². The summed E-state index contributed by atoms with van der Waals surface area (Å²) in [4.78, 5) is 46.5. The highest BCUT2D eigenvalue weighted by Crippen LogP contribution is 2.48. The summed E-state index contributed by atoms with van der Waals surface area (Å²) in [7, 11) is 0. The Kier molecular flexibility index (Phi) is 9.34. The Bertz CT molecular complexity index is 2560. The van der Waals surface area contributed by atoms with Crippen LogP contribution < -0.4 is 4.74 Å². The monoisotopic (exact) mass is 825 g/mol. The minimum Gasteiger partial charge on any atom is -0.464 e. The molecule has 0 saturated carbocycles. The zero-order chi connectivity index (χ0) is 40.7. The number of hydrogen-bond donors (Lipinski definition) is 2. The first-order chi connectivity index (χ1) is 27.6. The van der Waals surface area contributed by atoms with Gasteiger partial charge in [-0.3, -0.25) is 14.4 Å². The number of imidazole rings is 2. The molecule has 0 bridgehead atoms. The van der Waals surface area contributed by atoms with Gasteiger partial charge >= 0.3 is 12.2 Å². The summed E-state index contributed by atoms with van der Waals surface area (Å²) in [6, 6.07) is 14.7. The van der Waals surface area contributed by atoms with Gasteiger partial charge < -0.3 is 24.2 Å². The number of rotatable bonds is 5. The molecule has 2 amide bonds. The van der Waals surface area contributed by atoms with Crippen molar-refractivity contribution < 1.29 is 28.2 Å². The highest BCUT2D eigenvalue weighted by atomic mass is 35.5. The number of H-pyrrole nitrogens is 2. The average Bonchev–Trinajstić information content (AvgIpc) is 4.00. The zero-order valence-corrected chi connectivity index (χ0v) is 34.8. The number of halogens is 2. The lowest BCUT2D eigenvalue weighted by Gasteiger charge is -2.30. The van der Waals surface area contributed by atoms with E-state index in [0.29, 0.717) is 57.3 Å². The SMILES string of the molecule is CC(C)(C)OC(=O)N1CCC[C@H]1c1ncc(-c2cc(F)c3c(c2)OC(c2ccc(Cl)s2)n2c-3cc3cc(-c4cnc([C@@H]5CCCN5C(=O)OC(C)(C)C)[nH]4)ccc32)[nH]1. The van der Waals surface area contributed by atoms with Crippen molar-refractivity contribution in [2.75, 3.05) is 13.1 Å². The maximum Gasteiger partial charge on any atom is 0.410 e. The van der Waals surface area contributed by atoms with Crippen LogP contribution in [0.5, 0.6) is 5.75 Å². The van der Waals surface area contributed by atoms with Gasteiger partial charge in [-0.1, -0.05) is 17.7 Å². The van der Waals surface area contributed by atoms with Crippen molar-refractivity contribution in [1.29, 1.82) is 0 Å². The first-order valence-electron chi connectivity index (χ1n) is 19.6. The van der Waals surface area contributed by atoms with Gasteiger partial charge in [0.1, 0.15) is 34.4 Å². The molecule has 3 aliphatic heterocycles. The van der Waals surface area contributed by atoms with Crippen LogP contribution in [0.15, 0.2) is 60.9 Å². The fourth-order valence-corrected chi connectivity index (χ4v) is 9.31. The lowest BCUT2D eigenvalue weighted by molar-refractivity contribution is 0.0208. The van der Waals surface area contributed by atoms with Crippen LogP contribution in [-0.4, -0.2) is 70.8 Å². The number of thiophene rings is 1. The molecular weight excluding hydrogens is 781 g/mol. The summed E-state index contributed by atoms with van der Waals surface area (Å²) in [5.41, 5.74) is 3.53. The molecule has 2 aromatic carbocycles. The predicted octanol–water partition coefficient (Wildman–Crippen LogP) is 11.0. The number of aromatic amines is 2. The molecule has 4 aromatic heterocycles. The van der Waals surface area contributed by atoms with Crippen LogP contribution in [0.4, 0.5) is 14.0 Å². The van der Waals surface area contributed by atoms with Gasteiger partial charge in [0, 0.05) is 29.6 Å². The van der Waals surface area contributed by atoms with Crippen LogP contribution in [0.2, 0.25) is 4.34 Å². The number of aromatic nitrogens is 5. The predicted molar refractivity (Wildman–Crippen MR) is 220 cm³/mol. The summed E-state index contributed by atoms with van der Waals surface area (Å²) in [6.45, 7) is 12.3. The molecule has 9 rings (SSSR count). The Morgan fingerprint density at radius 1 is 0.828 bits per heavy atom. The number of nitrogens with one attached hydrogen (secondary N) is 2. The fourth-order valence-electron chi connectivity index (χ4n) is 8.23. The summed E-state index contributed by atoms with van der Waals surface area (Å²) in [5.74, 6) is 1.26. The van der Waals surface area contributed by atoms with E-state index >= 15 is 4.39 Å². The normalized spacial score (nSPS) is 19.3. The first-order valence-corrected chi connectivity index (χ1v) is 20.8. The second kappa shape index (κ2) is 14.2. The Hall–Kier alpha value is -5.34. The van der Waals surface area contributed by atoms with Gasteiger partial charge in [-0.05, 0) is 110 Å². The standard InChI is InChI=1S/C43H45ClFN7O5S/c1-42(2,3)56-40(53)50-15-7-9-30(50)37-46-21-27(48-37)23-11-12-29-25(17-23)19-32-36-26(45)18-24(20-33(36)55-39(52(29)32)34-13-14-35(44)58-34)28-22-47-38(49-28)31-10-8-16-51(31)41(54)57-43(4,5)6/h11-14,17-22,30-31,39H,7-10,15-16H2,1-6H3,(H,46,48)(H,47,49)/t30-,31-,39?/m0/s1. The molecule has 3 atom stereocenters. The zero-order valence-electron chi connectivity index (χ0n) is 33.2. The van der Waals surface area contributed by atoms with Crippen LogP contribution in [0.1, 0.15) is 102 Å². The van der Waals surface area contributed by atoms with E-state index < -0.39 is 23.2 Å². The molecule has 2 saturated heterocycles. The van der Waals surface area contributed by atoms with E-state index in [1.165, 1.54) is 17.4 Å². The summed E-state index contributed by atoms with van der Waals surface area (Å²) in [6.07, 6.45) is 5.32. The third kappa shape index (κ3) is 7.10. The van der Waals surface area contributed by atoms with Crippen molar-refractivity contribution in [2.24, 2.45) is 0 Å². The van der Waals surface area contributed by atoms with Gasteiger partial charge in [-0.25, -0.2) is 23.9 Å². The van der Waals surface area contributed by atoms with Crippen LogP contribution >= 0.6 is 22.9 Å². The number of nitrogens with zero attached hydrogens (tertiary/aromatic N) is 5. The maximum atomic E-state index is 16.6. The number of hydrogen-bond acceptors (Lipinski definition) is 8. The molecule has 302 valence electrons. The van der Waals surface area contributed by atoms with Crippen LogP contribution in [0.3, 0.4) is 0 Å². The van der Waals surface area contributed by atoms with Crippen molar-refractivity contribution in [3.8, 4) is 39.5 Å². The smallest absolute Gasteiger partial charge is 0.410 e. The largest absolute Gasteiger partial charge is 0.464 e. The maximum absolute atomic E-state index is 16.6. The molecule has 58 heavy (non-hydrogen) atoms. The molecule has 1 unspecified atom stereocenters. The third-order valence-corrected chi connectivity index (χ3v) is 11.9. The van der Waals surface area contributed by atoms with E-state index in [-0.39, 0.29) is 24.3 Å². The van der Waals surface area contributed by atoms with E-state index in [2.05, 4.69) is 21.0 Å². The van der Waals surface area contributed by atoms with E-state index in [9.17, 15) is 9.59 Å². The summed E-state index contributed by atoms with van der Waals surface area (Å²) in [5, 5.41) is 0.886. The minimum atomic E-state index is -0.618. The molecule has 3 aliphatic rings. The summed E-state index contributed by atoms with van der Waals surface area (Å²) < 4.78 is 37.3. The molecule has 0 radical (unpaired) electrons. The first kappa shape index (κ1) is 38.2. The molecule has 15 heteroatoms. The second-order valence-corrected chi connectivity index (χ2v) is 18.9. The highest BCUT2D eigenvalue weighted by Gasteiger charge is 2.37. The molecule has 6 aromatic rings. The van der Waals surface area contributed by atoms with Gasteiger partial charge in [-0.15, -0.1) is 11.3 Å². The number of amides is 2. The van der Waals surface area contributed by atoms with Crippen LogP contribution in [0, 0.1) is 5.82 Å². The van der Waals surface area contributed by atoms with Crippen LogP contribution in [-0.2, 0) is 9.47 Å². The molecule has 0 spiro atoms. The minimum absolute atomic E-state index is 0.211. The summed E-state index contributed by atoms with van der Waals surface area (Å²) >= 11 is 7.86. The Balaban J connectivity index is 1.05. The number of carbonyl (C=O) groups is 2. The Labute approximate surface area is 344 Å². The van der Waals surface area contributed by atoms with E-state index in [1.54, 1.807) is 22.2 Å². The van der Waals surface area contributed by atoms with Gasteiger partial charge in [-0.2, -0.15) is 0 Å². The number of likely N-dealkylation sites (tertiary alicyclic amines) is 2. The van der Waals surface area contributed by atoms with Gasteiger partial charge in [0.05, 0.1) is 61.9 Å². The number of benzene rings is 2. The third-order valence-electron chi connectivity index (χ3n) is 10.7. The molecule has 2 N–H and O–H groups in total. The van der Waals surface area contributed by atoms with Crippen molar-refractivity contribution in [3.05, 3.63) is 87.6 Å². The number of ether oxygens (including phenoxy) is 3. The number of fused-ring (bicyclic) bond motifs is 5. The topological polar surface area (TPSA) is 131 Å². The lowest BCUT2D eigenvalue weighted by atomic mass is 10.0. The van der Waals surface area contributed by atoms with Crippen LogP contribution in [0.25, 0.3) is 44.7 Å². The fraction of sp³-hybridized carbons (Fsp3) is 0.395. The second-order valence-electron chi connectivity index (χ2n) is 17.1. The average molecular weight is 826 g/mol. The Morgan fingerprint density at radius 2 is 1.43 bits per heavy atom.